The average Bonchev–Trinajstić information content (AvgIpc) is 3.70. The van der Waals surface area contributed by atoms with E-state index in [0.717, 1.165) is 5.56 Å². The van der Waals surface area contributed by atoms with Gasteiger partial charge in [-0.1, -0.05) is 36.4 Å². The van der Waals surface area contributed by atoms with Gasteiger partial charge in [0.15, 0.2) is 0 Å². The lowest BCUT2D eigenvalue weighted by atomic mass is 9.79. The molecule has 1 aliphatic heterocycles. The number of carboxylic acids is 1. The van der Waals surface area contributed by atoms with Gasteiger partial charge < -0.3 is 15.1 Å². The van der Waals surface area contributed by atoms with E-state index >= 15 is 0 Å². The van der Waals surface area contributed by atoms with Crippen molar-refractivity contribution in [3.05, 3.63) is 54.1 Å². The molecule has 3 fully saturated rings. The Labute approximate surface area is 192 Å². The summed E-state index contributed by atoms with van der Waals surface area (Å²) in [5, 5.41) is 25.6. The number of aliphatic carboxylic acids is 1. The molecule has 5 rings (SSSR count). The number of carboxylic acid groups (broad SMARTS) is 1. The minimum atomic E-state index is -3.82. The van der Waals surface area contributed by atoms with Crippen LogP contribution in [0.3, 0.4) is 0 Å². The predicted octanol–water partition coefficient (Wildman–Crippen LogP) is 1.86. The van der Waals surface area contributed by atoms with Gasteiger partial charge in [0.05, 0.1) is 10.3 Å². The molecule has 1 heterocycles. The van der Waals surface area contributed by atoms with Crippen molar-refractivity contribution in [1.82, 2.24) is 4.90 Å². The maximum Gasteiger partial charge on any atom is 0.314 e. The fourth-order valence-electron chi connectivity index (χ4n) is 5.47. The number of hydrogen-bond acceptors (Lipinski definition) is 5. The number of benzene rings is 2. The number of hydrogen-bond donors (Lipinski definition) is 3. The standard InChI is InChI=1S/C24H26N2O6S/c25-33(31,32)19-3-1-2-17(14-19)16-4-6-18(7-5-16)24(21(28)29)15-22(24)10-12-26(13-11-22)20(27)23(30)8-9-23/h1-7,14,30H,8-13,15H2,(H,28,29)(H2,25,31,32)/t24-/m1/s1. The number of nitrogens with two attached hydrogens (primary N) is 1. The second-order valence-corrected chi connectivity index (χ2v) is 11.2. The minimum absolute atomic E-state index is 0.0180. The summed E-state index contributed by atoms with van der Waals surface area (Å²) in [7, 11) is -3.82. The van der Waals surface area contributed by atoms with Crippen LogP contribution in [0, 0.1) is 5.41 Å². The van der Waals surface area contributed by atoms with Crippen molar-refractivity contribution in [2.45, 2.75) is 48.0 Å². The monoisotopic (exact) mass is 470 g/mol. The molecule has 4 N–H and O–H groups in total. The Kier molecular flexibility index (Phi) is 4.76. The molecule has 2 aromatic carbocycles. The van der Waals surface area contributed by atoms with Gasteiger partial charge >= 0.3 is 5.97 Å². The van der Waals surface area contributed by atoms with Gasteiger partial charge in [-0.2, -0.15) is 0 Å². The SMILES string of the molecule is NS(=O)(=O)c1cccc(-c2ccc([C@@]3(C(=O)O)CC34CCN(C(=O)C3(O)CC3)CC4)cc2)c1. The molecule has 0 bridgehead atoms. The zero-order chi connectivity index (χ0) is 23.6. The number of aliphatic hydroxyl groups is 1. The number of primary sulfonamides is 1. The lowest BCUT2D eigenvalue weighted by Gasteiger charge is -2.36. The lowest BCUT2D eigenvalue weighted by molar-refractivity contribution is -0.145. The quantitative estimate of drug-likeness (QED) is 0.610. The van der Waals surface area contributed by atoms with Gasteiger partial charge in [-0.25, -0.2) is 13.6 Å². The topological polar surface area (TPSA) is 138 Å². The molecule has 2 saturated carbocycles. The van der Waals surface area contributed by atoms with Crippen molar-refractivity contribution >= 4 is 21.9 Å². The van der Waals surface area contributed by atoms with Crippen LogP contribution in [0.4, 0.5) is 0 Å². The molecule has 174 valence electrons. The summed E-state index contributed by atoms with van der Waals surface area (Å²) < 4.78 is 23.3. The number of carbonyl (C=O) groups excluding carboxylic acids is 1. The summed E-state index contributed by atoms with van der Waals surface area (Å²) in [5.41, 5.74) is -0.461. The van der Waals surface area contributed by atoms with Gasteiger partial charge in [0.2, 0.25) is 10.0 Å². The average molecular weight is 471 g/mol. The third kappa shape index (κ3) is 3.46. The summed E-state index contributed by atoms with van der Waals surface area (Å²) in [6.07, 6.45) is 2.68. The summed E-state index contributed by atoms with van der Waals surface area (Å²) in [6, 6.07) is 13.5. The van der Waals surface area contributed by atoms with Crippen LogP contribution >= 0.6 is 0 Å². The number of sulfonamides is 1. The number of piperidine rings is 1. The first-order valence-corrected chi connectivity index (χ1v) is 12.5. The lowest BCUT2D eigenvalue weighted by Crippen LogP contribution is -2.47. The summed E-state index contributed by atoms with van der Waals surface area (Å²) in [6.45, 7) is 0.906. The summed E-state index contributed by atoms with van der Waals surface area (Å²) >= 11 is 0. The Morgan fingerprint density at radius 3 is 2.12 bits per heavy atom. The van der Waals surface area contributed by atoms with Crippen molar-refractivity contribution in [1.29, 1.82) is 0 Å². The second-order valence-electron chi connectivity index (χ2n) is 9.64. The zero-order valence-corrected chi connectivity index (χ0v) is 18.8. The van der Waals surface area contributed by atoms with Gasteiger partial charge in [-0.15, -0.1) is 0 Å². The first kappa shape index (κ1) is 22.1. The third-order valence-electron chi connectivity index (χ3n) is 7.75. The van der Waals surface area contributed by atoms with Crippen LogP contribution in [0.2, 0.25) is 0 Å². The van der Waals surface area contributed by atoms with Gasteiger partial charge in [-0.05, 0) is 66.3 Å². The molecular weight excluding hydrogens is 444 g/mol. The molecule has 9 heteroatoms. The van der Waals surface area contributed by atoms with E-state index in [9.17, 15) is 28.2 Å². The molecule has 0 radical (unpaired) electrons. The Morgan fingerprint density at radius 1 is 0.939 bits per heavy atom. The van der Waals surface area contributed by atoms with Crippen molar-refractivity contribution in [3.8, 4) is 11.1 Å². The van der Waals surface area contributed by atoms with E-state index in [2.05, 4.69) is 0 Å². The second kappa shape index (κ2) is 7.12. The molecule has 2 aliphatic carbocycles. The van der Waals surface area contributed by atoms with Gasteiger partial charge in [0.1, 0.15) is 5.60 Å². The van der Waals surface area contributed by atoms with Crippen LogP contribution in [0.15, 0.2) is 53.4 Å². The molecule has 0 aromatic heterocycles. The van der Waals surface area contributed by atoms with E-state index in [4.69, 9.17) is 5.14 Å². The molecular formula is C24H26N2O6S. The number of carbonyl (C=O) groups is 2. The van der Waals surface area contributed by atoms with E-state index in [1.54, 1.807) is 41.3 Å². The molecule has 1 spiro atoms. The Morgan fingerprint density at radius 2 is 1.58 bits per heavy atom. The van der Waals surface area contributed by atoms with E-state index in [-0.39, 0.29) is 10.8 Å². The van der Waals surface area contributed by atoms with Gasteiger partial charge in [0, 0.05) is 13.1 Å². The van der Waals surface area contributed by atoms with E-state index in [1.807, 2.05) is 0 Å². The highest BCUT2D eigenvalue weighted by atomic mass is 32.2. The summed E-state index contributed by atoms with van der Waals surface area (Å²) in [4.78, 5) is 26.6. The van der Waals surface area contributed by atoms with Gasteiger partial charge in [0.25, 0.3) is 5.91 Å². The Bertz CT molecular complexity index is 1240. The number of nitrogens with zero attached hydrogens (tertiary/aromatic N) is 1. The van der Waals surface area contributed by atoms with Crippen LogP contribution in [0.5, 0.6) is 0 Å². The van der Waals surface area contributed by atoms with E-state index in [0.29, 0.717) is 56.3 Å². The smallest absolute Gasteiger partial charge is 0.314 e. The van der Waals surface area contributed by atoms with Crippen LogP contribution in [-0.4, -0.2) is 54.1 Å². The maximum atomic E-state index is 12.5. The molecule has 1 atom stereocenters. The van der Waals surface area contributed by atoms with Crippen LogP contribution in [0.1, 0.15) is 37.7 Å². The van der Waals surface area contributed by atoms with Crippen molar-refractivity contribution in [2.24, 2.45) is 10.6 Å². The largest absolute Gasteiger partial charge is 0.481 e. The number of rotatable bonds is 5. The zero-order valence-electron chi connectivity index (χ0n) is 18.0. The fraction of sp³-hybridized carbons (Fsp3) is 0.417. The highest BCUT2D eigenvalue weighted by molar-refractivity contribution is 7.89. The molecule has 2 aromatic rings. The molecule has 1 saturated heterocycles. The van der Waals surface area contributed by atoms with Crippen LogP contribution in [-0.2, 0) is 25.0 Å². The minimum Gasteiger partial charge on any atom is -0.481 e. The summed E-state index contributed by atoms with van der Waals surface area (Å²) in [5.74, 6) is -1.10. The van der Waals surface area contributed by atoms with Crippen LogP contribution in [0.25, 0.3) is 11.1 Å². The molecule has 33 heavy (non-hydrogen) atoms. The van der Waals surface area contributed by atoms with Crippen molar-refractivity contribution in [3.63, 3.8) is 0 Å². The van der Waals surface area contributed by atoms with Crippen molar-refractivity contribution < 1.29 is 28.2 Å². The van der Waals surface area contributed by atoms with E-state index < -0.39 is 32.4 Å². The van der Waals surface area contributed by atoms with E-state index in [1.165, 1.54) is 12.1 Å². The van der Waals surface area contributed by atoms with Crippen LogP contribution < -0.4 is 5.14 Å². The van der Waals surface area contributed by atoms with Crippen molar-refractivity contribution in [2.75, 3.05) is 13.1 Å². The predicted molar refractivity (Wildman–Crippen MR) is 120 cm³/mol. The molecule has 1 amide bonds. The normalized spacial score (nSPS) is 25.0. The molecule has 0 unspecified atom stereocenters. The molecule has 8 nitrogen and oxygen atoms in total. The Balaban J connectivity index is 1.37. The molecule has 3 aliphatic rings. The first-order chi connectivity index (χ1) is 15.5. The highest BCUT2D eigenvalue weighted by Gasteiger charge is 2.73. The highest BCUT2D eigenvalue weighted by Crippen LogP contribution is 2.69. The third-order valence-corrected chi connectivity index (χ3v) is 8.66. The first-order valence-electron chi connectivity index (χ1n) is 11.0. The maximum absolute atomic E-state index is 12.5. The number of likely N-dealkylation sites (tertiary alicyclic amines) is 1. The van der Waals surface area contributed by atoms with Gasteiger partial charge in [-0.3, -0.25) is 9.59 Å². The fourth-order valence-corrected chi connectivity index (χ4v) is 6.02. The number of amides is 1. The Hall–Kier alpha value is -2.75.